The highest BCUT2D eigenvalue weighted by Crippen LogP contribution is 2.23. The van der Waals surface area contributed by atoms with E-state index < -0.39 is 42.3 Å². The molecule has 130 valence electrons. The standard InChI is InChI=1S/C14H21NO8/c1-7(16)15-11-5-21-12(6-20-8(2)17)14(23-10(4)19)13(11)22-9(3)18/h11-14H,5-6H2,1-4H3,(H,15,16)/t11-,12+,13?,14?/m0/s1. The normalized spacial score (nSPS) is 26.8. The summed E-state index contributed by atoms with van der Waals surface area (Å²) in [4.78, 5) is 44.9. The zero-order chi connectivity index (χ0) is 17.6. The summed E-state index contributed by atoms with van der Waals surface area (Å²) in [5.41, 5.74) is 0. The van der Waals surface area contributed by atoms with E-state index in [1.165, 1.54) is 27.7 Å². The van der Waals surface area contributed by atoms with Gasteiger partial charge >= 0.3 is 17.9 Å². The highest BCUT2D eigenvalue weighted by molar-refractivity contribution is 5.73. The van der Waals surface area contributed by atoms with Gasteiger partial charge in [-0.05, 0) is 0 Å². The molecule has 0 aromatic heterocycles. The highest BCUT2D eigenvalue weighted by Gasteiger charge is 2.45. The first-order chi connectivity index (χ1) is 10.7. The van der Waals surface area contributed by atoms with Crippen molar-refractivity contribution < 1.29 is 38.1 Å². The number of nitrogens with one attached hydrogen (secondary N) is 1. The van der Waals surface area contributed by atoms with Crippen LogP contribution in [0.15, 0.2) is 0 Å². The Morgan fingerprint density at radius 2 is 1.52 bits per heavy atom. The van der Waals surface area contributed by atoms with Gasteiger partial charge in [0.15, 0.2) is 12.2 Å². The molecular formula is C14H21NO8. The van der Waals surface area contributed by atoms with Crippen LogP contribution in [0.25, 0.3) is 0 Å². The van der Waals surface area contributed by atoms with E-state index in [4.69, 9.17) is 18.9 Å². The van der Waals surface area contributed by atoms with Crippen molar-refractivity contribution in [2.45, 2.75) is 52.0 Å². The van der Waals surface area contributed by atoms with Gasteiger partial charge in [0.25, 0.3) is 0 Å². The summed E-state index contributed by atoms with van der Waals surface area (Å²) in [6.45, 7) is 4.77. The molecule has 0 aromatic rings. The van der Waals surface area contributed by atoms with Crippen LogP contribution in [-0.4, -0.2) is 61.4 Å². The molecule has 9 nitrogen and oxygen atoms in total. The fraction of sp³-hybridized carbons (Fsp3) is 0.714. The second-order valence-corrected chi connectivity index (χ2v) is 5.13. The van der Waals surface area contributed by atoms with Crippen molar-refractivity contribution in [3.63, 3.8) is 0 Å². The predicted molar refractivity (Wildman–Crippen MR) is 75.1 cm³/mol. The first-order valence-electron chi connectivity index (χ1n) is 7.07. The van der Waals surface area contributed by atoms with E-state index >= 15 is 0 Å². The fourth-order valence-corrected chi connectivity index (χ4v) is 2.26. The Bertz CT molecular complexity index is 477. The van der Waals surface area contributed by atoms with Crippen molar-refractivity contribution in [1.82, 2.24) is 5.32 Å². The van der Waals surface area contributed by atoms with Crippen LogP contribution in [0, 0.1) is 0 Å². The maximum Gasteiger partial charge on any atom is 0.303 e. The van der Waals surface area contributed by atoms with Gasteiger partial charge < -0.3 is 24.3 Å². The molecule has 0 aliphatic carbocycles. The van der Waals surface area contributed by atoms with Crippen LogP contribution in [0.3, 0.4) is 0 Å². The van der Waals surface area contributed by atoms with Crippen LogP contribution >= 0.6 is 0 Å². The van der Waals surface area contributed by atoms with E-state index in [0.29, 0.717) is 0 Å². The van der Waals surface area contributed by atoms with E-state index in [2.05, 4.69) is 5.32 Å². The lowest BCUT2D eigenvalue weighted by Gasteiger charge is -2.41. The third kappa shape index (κ3) is 6.23. The Morgan fingerprint density at radius 1 is 0.957 bits per heavy atom. The molecule has 1 aliphatic rings. The highest BCUT2D eigenvalue weighted by atomic mass is 16.6. The quantitative estimate of drug-likeness (QED) is 0.520. The molecule has 9 heteroatoms. The minimum atomic E-state index is -1.01. The van der Waals surface area contributed by atoms with Gasteiger partial charge in [-0.25, -0.2) is 0 Å². The third-order valence-electron chi connectivity index (χ3n) is 3.02. The van der Waals surface area contributed by atoms with Crippen molar-refractivity contribution >= 4 is 23.8 Å². The topological polar surface area (TPSA) is 117 Å². The van der Waals surface area contributed by atoms with Crippen molar-refractivity contribution in [1.29, 1.82) is 0 Å². The molecule has 1 rings (SSSR count). The molecule has 0 bridgehead atoms. The minimum absolute atomic E-state index is 0.0151. The Labute approximate surface area is 133 Å². The number of ether oxygens (including phenoxy) is 4. The van der Waals surface area contributed by atoms with Gasteiger partial charge in [0, 0.05) is 27.7 Å². The van der Waals surface area contributed by atoms with Crippen LogP contribution in [0.2, 0.25) is 0 Å². The minimum Gasteiger partial charge on any atom is -0.463 e. The van der Waals surface area contributed by atoms with Gasteiger partial charge in [-0.3, -0.25) is 19.2 Å². The van der Waals surface area contributed by atoms with Crippen LogP contribution in [0.5, 0.6) is 0 Å². The Hall–Kier alpha value is -2.16. The van der Waals surface area contributed by atoms with Crippen LogP contribution in [-0.2, 0) is 38.1 Å². The molecule has 0 saturated carbocycles. The molecular weight excluding hydrogens is 310 g/mol. The summed E-state index contributed by atoms with van der Waals surface area (Å²) in [6.07, 6.45) is -2.77. The van der Waals surface area contributed by atoms with Crippen LogP contribution in [0.1, 0.15) is 27.7 Å². The van der Waals surface area contributed by atoms with Gasteiger partial charge in [-0.2, -0.15) is 0 Å². The van der Waals surface area contributed by atoms with Crippen LogP contribution < -0.4 is 5.32 Å². The van der Waals surface area contributed by atoms with Gasteiger partial charge in [-0.1, -0.05) is 0 Å². The zero-order valence-corrected chi connectivity index (χ0v) is 13.5. The lowest BCUT2D eigenvalue weighted by atomic mass is 9.97. The van der Waals surface area contributed by atoms with Crippen molar-refractivity contribution in [3.8, 4) is 0 Å². The molecule has 1 N–H and O–H groups in total. The number of hydrogen-bond donors (Lipinski definition) is 1. The fourth-order valence-electron chi connectivity index (χ4n) is 2.26. The Kier molecular flexibility index (Phi) is 6.95. The molecule has 4 atom stereocenters. The number of hydrogen-bond acceptors (Lipinski definition) is 8. The molecule has 1 heterocycles. The van der Waals surface area contributed by atoms with Crippen molar-refractivity contribution in [3.05, 3.63) is 0 Å². The van der Waals surface area contributed by atoms with E-state index in [1.54, 1.807) is 0 Å². The number of carbonyl (C=O) groups is 4. The molecule has 23 heavy (non-hydrogen) atoms. The van der Waals surface area contributed by atoms with Crippen LogP contribution in [0.4, 0.5) is 0 Å². The summed E-state index contributed by atoms with van der Waals surface area (Å²) >= 11 is 0. The Balaban J connectivity index is 2.98. The maximum absolute atomic E-state index is 11.3. The van der Waals surface area contributed by atoms with E-state index in [9.17, 15) is 19.2 Å². The molecule has 1 saturated heterocycles. The monoisotopic (exact) mass is 331 g/mol. The lowest BCUT2D eigenvalue weighted by Crippen LogP contribution is -2.62. The third-order valence-corrected chi connectivity index (χ3v) is 3.02. The molecule has 1 aliphatic heterocycles. The summed E-state index contributed by atoms with van der Waals surface area (Å²) in [7, 11) is 0. The number of carbonyl (C=O) groups excluding carboxylic acids is 4. The molecule has 1 fully saturated rings. The Morgan fingerprint density at radius 3 is 2.00 bits per heavy atom. The summed E-state index contributed by atoms with van der Waals surface area (Å²) < 4.78 is 20.8. The molecule has 1 amide bonds. The van der Waals surface area contributed by atoms with Crippen molar-refractivity contribution in [2.75, 3.05) is 13.2 Å². The number of esters is 3. The summed E-state index contributed by atoms with van der Waals surface area (Å²) in [5, 5.41) is 2.59. The predicted octanol–water partition coefficient (Wildman–Crippen LogP) is -0.684. The molecule has 2 unspecified atom stereocenters. The smallest absolute Gasteiger partial charge is 0.303 e. The second kappa shape index (κ2) is 8.47. The maximum atomic E-state index is 11.3. The molecule has 0 radical (unpaired) electrons. The largest absolute Gasteiger partial charge is 0.463 e. The van der Waals surface area contributed by atoms with Gasteiger partial charge in [-0.15, -0.1) is 0 Å². The van der Waals surface area contributed by atoms with E-state index in [-0.39, 0.29) is 19.1 Å². The second-order valence-electron chi connectivity index (χ2n) is 5.13. The van der Waals surface area contributed by atoms with Gasteiger partial charge in [0.2, 0.25) is 5.91 Å². The summed E-state index contributed by atoms with van der Waals surface area (Å²) in [6, 6.07) is -0.686. The molecule has 0 aromatic carbocycles. The SMILES string of the molecule is CC(=O)N[C@H]1CO[C@H](COC(C)=O)C(OC(C)=O)C1OC(C)=O. The van der Waals surface area contributed by atoms with Gasteiger partial charge in [0.05, 0.1) is 12.6 Å². The number of amides is 1. The molecule has 0 spiro atoms. The van der Waals surface area contributed by atoms with E-state index in [0.717, 1.165) is 0 Å². The number of rotatable bonds is 5. The summed E-state index contributed by atoms with van der Waals surface area (Å²) in [5.74, 6) is -2.10. The van der Waals surface area contributed by atoms with Crippen molar-refractivity contribution in [2.24, 2.45) is 0 Å². The first-order valence-corrected chi connectivity index (χ1v) is 7.07. The zero-order valence-electron chi connectivity index (χ0n) is 13.5. The average molecular weight is 331 g/mol. The first kappa shape index (κ1) is 18.9. The van der Waals surface area contributed by atoms with E-state index in [1.807, 2.05) is 0 Å². The average Bonchev–Trinajstić information content (AvgIpc) is 2.39. The van der Waals surface area contributed by atoms with Gasteiger partial charge in [0.1, 0.15) is 12.7 Å². The lowest BCUT2D eigenvalue weighted by molar-refractivity contribution is -0.207.